The smallest absolute Gasteiger partial charge is 0.234 e. The topological polar surface area (TPSA) is 40.5 Å². The van der Waals surface area contributed by atoms with Crippen molar-refractivity contribution >= 4 is 11.3 Å². The van der Waals surface area contributed by atoms with Gasteiger partial charge in [-0.2, -0.15) is 0 Å². The molecule has 0 saturated heterocycles. The Bertz CT molecular complexity index is 140. The second-order valence-corrected chi connectivity index (χ2v) is 3.94. The van der Waals surface area contributed by atoms with Crippen LogP contribution in [0, 0.1) is 5.92 Å². The van der Waals surface area contributed by atoms with Gasteiger partial charge in [-0.05, 0) is 12.8 Å². The fourth-order valence-electron chi connectivity index (χ4n) is 0.842. The Balaban J connectivity index is 4.00. The van der Waals surface area contributed by atoms with E-state index in [0.29, 0.717) is 5.92 Å². The molecule has 68 valence electrons. The van der Waals surface area contributed by atoms with Crippen molar-refractivity contribution in [1.29, 1.82) is 0 Å². The normalized spacial score (nSPS) is 19.8. The molecule has 0 saturated carbocycles. The third-order valence-electron chi connectivity index (χ3n) is 2.29. The number of nitrogens with zero attached hydrogens (tertiary/aromatic N) is 1. The van der Waals surface area contributed by atoms with Crippen molar-refractivity contribution < 1.29 is 8.76 Å². The highest BCUT2D eigenvalue weighted by Crippen LogP contribution is 2.12. The van der Waals surface area contributed by atoms with Gasteiger partial charge in [-0.3, -0.25) is 4.55 Å². The Morgan fingerprint density at radius 2 is 2.00 bits per heavy atom. The average Bonchev–Trinajstić information content (AvgIpc) is 2.00. The SMILES string of the molecule is CCC(C)C(C)N(C)S(=O)O. The summed E-state index contributed by atoms with van der Waals surface area (Å²) in [5.41, 5.74) is 0. The first-order chi connectivity index (χ1) is 5.00. The van der Waals surface area contributed by atoms with Crippen molar-refractivity contribution in [2.24, 2.45) is 5.92 Å². The lowest BCUT2D eigenvalue weighted by Crippen LogP contribution is -2.35. The monoisotopic (exact) mass is 179 g/mol. The number of rotatable bonds is 4. The van der Waals surface area contributed by atoms with E-state index in [2.05, 4.69) is 13.8 Å². The molecular formula is C7H17NO2S. The molecule has 0 radical (unpaired) electrons. The van der Waals surface area contributed by atoms with Crippen molar-refractivity contribution in [3.8, 4) is 0 Å². The van der Waals surface area contributed by atoms with Crippen molar-refractivity contribution in [3.63, 3.8) is 0 Å². The van der Waals surface area contributed by atoms with Crippen molar-refractivity contribution in [2.45, 2.75) is 33.2 Å². The summed E-state index contributed by atoms with van der Waals surface area (Å²) < 4.78 is 20.8. The zero-order chi connectivity index (χ0) is 9.02. The minimum absolute atomic E-state index is 0.158. The first-order valence-electron chi connectivity index (χ1n) is 3.84. The lowest BCUT2D eigenvalue weighted by Gasteiger charge is -2.25. The minimum Gasteiger partial charge on any atom is -0.294 e. The van der Waals surface area contributed by atoms with Gasteiger partial charge in [0.1, 0.15) is 0 Å². The molecule has 11 heavy (non-hydrogen) atoms. The largest absolute Gasteiger partial charge is 0.294 e. The third-order valence-corrected chi connectivity index (χ3v) is 3.11. The maximum atomic E-state index is 10.6. The Kier molecular flexibility index (Phi) is 4.88. The maximum absolute atomic E-state index is 10.6. The van der Waals surface area contributed by atoms with E-state index in [0.717, 1.165) is 6.42 Å². The average molecular weight is 179 g/mol. The van der Waals surface area contributed by atoms with Crippen LogP contribution in [0.15, 0.2) is 0 Å². The van der Waals surface area contributed by atoms with Crippen molar-refractivity contribution in [2.75, 3.05) is 7.05 Å². The van der Waals surface area contributed by atoms with Crippen LogP contribution in [0.5, 0.6) is 0 Å². The summed E-state index contributed by atoms with van der Waals surface area (Å²) in [6, 6.07) is 0.158. The molecule has 0 aliphatic heterocycles. The molecule has 0 bridgehead atoms. The quantitative estimate of drug-likeness (QED) is 0.664. The Morgan fingerprint density at radius 3 is 2.27 bits per heavy atom. The Morgan fingerprint density at radius 1 is 1.55 bits per heavy atom. The molecule has 0 aliphatic carbocycles. The van der Waals surface area contributed by atoms with E-state index in [4.69, 9.17) is 4.55 Å². The lowest BCUT2D eigenvalue weighted by molar-refractivity contribution is 0.289. The minimum atomic E-state index is -1.83. The van der Waals surface area contributed by atoms with Crippen molar-refractivity contribution in [1.82, 2.24) is 4.31 Å². The summed E-state index contributed by atoms with van der Waals surface area (Å²) in [7, 11) is 1.66. The number of hydrogen-bond acceptors (Lipinski definition) is 1. The highest BCUT2D eigenvalue weighted by molar-refractivity contribution is 7.76. The summed E-state index contributed by atoms with van der Waals surface area (Å²) in [5.74, 6) is 0.455. The molecule has 3 atom stereocenters. The molecule has 0 spiro atoms. The van der Waals surface area contributed by atoms with E-state index in [1.807, 2.05) is 6.92 Å². The second-order valence-electron chi connectivity index (χ2n) is 2.90. The molecule has 0 amide bonds. The predicted octanol–water partition coefficient (Wildman–Crippen LogP) is 1.49. The van der Waals surface area contributed by atoms with Crippen LogP contribution in [0.1, 0.15) is 27.2 Å². The summed E-state index contributed by atoms with van der Waals surface area (Å²) in [6.07, 6.45) is 1.03. The molecule has 0 aromatic heterocycles. The van der Waals surface area contributed by atoms with Crippen LogP contribution in [0.4, 0.5) is 0 Å². The van der Waals surface area contributed by atoms with Crippen LogP contribution in [-0.2, 0) is 11.3 Å². The van der Waals surface area contributed by atoms with Gasteiger partial charge in [-0.25, -0.2) is 8.51 Å². The molecule has 0 aromatic carbocycles. The molecule has 0 fully saturated rings. The second kappa shape index (κ2) is 4.85. The summed E-state index contributed by atoms with van der Waals surface area (Å²) in [4.78, 5) is 0. The lowest BCUT2D eigenvalue weighted by atomic mass is 10.0. The van der Waals surface area contributed by atoms with Gasteiger partial charge in [0.05, 0.1) is 0 Å². The van der Waals surface area contributed by atoms with Crippen LogP contribution in [-0.4, -0.2) is 26.2 Å². The van der Waals surface area contributed by atoms with Crippen LogP contribution >= 0.6 is 0 Å². The highest BCUT2D eigenvalue weighted by atomic mass is 32.2. The van der Waals surface area contributed by atoms with Gasteiger partial charge in [0.25, 0.3) is 0 Å². The van der Waals surface area contributed by atoms with Gasteiger partial charge in [0.15, 0.2) is 0 Å². The van der Waals surface area contributed by atoms with Gasteiger partial charge < -0.3 is 0 Å². The van der Waals surface area contributed by atoms with E-state index in [9.17, 15) is 4.21 Å². The fraction of sp³-hybridized carbons (Fsp3) is 1.00. The van der Waals surface area contributed by atoms with Gasteiger partial charge in [-0.15, -0.1) is 0 Å². The molecule has 0 aliphatic rings. The Labute approximate surface area is 71.2 Å². The van der Waals surface area contributed by atoms with Crippen LogP contribution < -0.4 is 0 Å². The van der Waals surface area contributed by atoms with E-state index in [1.165, 1.54) is 4.31 Å². The molecule has 1 N–H and O–H groups in total. The standard InChI is InChI=1S/C7H17NO2S/c1-5-6(2)7(3)8(4)11(9)10/h6-7H,5H2,1-4H3,(H,9,10). The molecule has 0 heterocycles. The molecule has 0 rings (SSSR count). The first-order valence-corrected chi connectivity index (χ1v) is 4.90. The molecule has 4 heteroatoms. The molecule has 3 nitrogen and oxygen atoms in total. The van der Waals surface area contributed by atoms with Gasteiger partial charge in [-0.1, -0.05) is 20.3 Å². The number of hydrogen-bond donors (Lipinski definition) is 1. The van der Waals surface area contributed by atoms with E-state index in [-0.39, 0.29) is 6.04 Å². The zero-order valence-electron chi connectivity index (χ0n) is 7.57. The third kappa shape index (κ3) is 3.31. The van der Waals surface area contributed by atoms with Crippen LogP contribution in [0.25, 0.3) is 0 Å². The zero-order valence-corrected chi connectivity index (χ0v) is 8.39. The van der Waals surface area contributed by atoms with E-state index in [1.54, 1.807) is 7.05 Å². The van der Waals surface area contributed by atoms with Crippen LogP contribution in [0.2, 0.25) is 0 Å². The first kappa shape index (κ1) is 11.1. The molecule has 0 aromatic rings. The highest BCUT2D eigenvalue weighted by Gasteiger charge is 2.18. The molecular weight excluding hydrogens is 162 g/mol. The predicted molar refractivity (Wildman–Crippen MR) is 47.5 cm³/mol. The summed E-state index contributed by atoms with van der Waals surface area (Å²) in [6.45, 7) is 6.12. The summed E-state index contributed by atoms with van der Waals surface area (Å²) >= 11 is -1.83. The maximum Gasteiger partial charge on any atom is 0.234 e. The van der Waals surface area contributed by atoms with Gasteiger partial charge in [0, 0.05) is 13.1 Å². The van der Waals surface area contributed by atoms with E-state index >= 15 is 0 Å². The van der Waals surface area contributed by atoms with Crippen molar-refractivity contribution in [3.05, 3.63) is 0 Å². The van der Waals surface area contributed by atoms with E-state index < -0.39 is 11.3 Å². The summed E-state index contributed by atoms with van der Waals surface area (Å²) in [5, 5.41) is 0. The molecule has 3 unspecified atom stereocenters. The van der Waals surface area contributed by atoms with Crippen LogP contribution in [0.3, 0.4) is 0 Å². The fourth-order valence-corrected chi connectivity index (χ4v) is 1.33. The van der Waals surface area contributed by atoms with Gasteiger partial charge >= 0.3 is 0 Å². The Hall–Kier alpha value is 0.0700. The van der Waals surface area contributed by atoms with Gasteiger partial charge in [0.2, 0.25) is 11.3 Å².